The van der Waals surface area contributed by atoms with E-state index in [9.17, 15) is 8.42 Å². The van der Waals surface area contributed by atoms with Gasteiger partial charge in [-0.05, 0) is 30.4 Å². The predicted molar refractivity (Wildman–Crippen MR) is 80.2 cm³/mol. The normalized spacial score (nSPS) is 24.0. The summed E-state index contributed by atoms with van der Waals surface area (Å²) < 4.78 is 26.6. The molecule has 0 N–H and O–H groups in total. The van der Waals surface area contributed by atoms with E-state index in [1.54, 1.807) is 13.1 Å². The third-order valence-corrected chi connectivity index (χ3v) is 6.15. The maximum absolute atomic E-state index is 12.6. The average Bonchev–Trinajstić information content (AvgIpc) is 2.46. The van der Waals surface area contributed by atoms with Gasteiger partial charge in [0.2, 0.25) is 0 Å². The van der Waals surface area contributed by atoms with Gasteiger partial charge in [0.15, 0.2) is 5.03 Å². The van der Waals surface area contributed by atoms with E-state index in [0.29, 0.717) is 11.8 Å². The molecule has 2 unspecified atom stereocenters. The number of nitrogens with zero attached hydrogens (tertiary/aromatic N) is 2. The molecule has 2 atom stereocenters. The first-order chi connectivity index (χ1) is 9.45. The fourth-order valence-electron chi connectivity index (χ4n) is 2.72. The molecule has 1 aromatic rings. The Bertz CT molecular complexity index is 545. The van der Waals surface area contributed by atoms with Gasteiger partial charge in [-0.3, -0.25) is 0 Å². The van der Waals surface area contributed by atoms with Gasteiger partial charge in [0, 0.05) is 25.2 Å². The van der Waals surface area contributed by atoms with E-state index in [2.05, 4.69) is 11.9 Å². The Morgan fingerprint density at radius 1 is 1.40 bits per heavy atom. The Labute approximate surface area is 126 Å². The minimum absolute atomic E-state index is 0.0817. The number of pyridine rings is 1. The molecular weight excluding hydrogens is 296 g/mol. The Balaban J connectivity index is 2.19. The SMILES string of the molecule is CC1CCCC(N(C)S(=O)(=O)c2ccc(CCl)cn2)C1. The van der Waals surface area contributed by atoms with Crippen LogP contribution in [-0.2, 0) is 15.9 Å². The molecule has 0 amide bonds. The highest BCUT2D eigenvalue weighted by atomic mass is 35.5. The summed E-state index contributed by atoms with van der Waals surface area (Å²) in [5, 5.41) is 0.104. The molecule has 2 rings (SSSR count). The lowest BCUT2D eigenvalue weighted by Crippen LogP contribution is -2.40. The van der Waals surface area contributed by atoms with Gasteiger partial charge in [-0.15, -0.1) is 11.6 Å². The van der Waals surface area contributed by atoms with E-state index in [4.69, 9.17) is 11.6 Å². The lowest BCUT2D eigenvalue weighted by Gasteiger charge is -2.33. The minimum atomic E-state index is -3.51. The molecule has 0 spiro atoms. The molecule has 0 saturated heterocycles. The molecule has 1 aliphatic carbocycles. The molecule has 1 saturated carbocycles. The van der Waals surface area contributed by atoms with Crippen molar-refractivity contribution in [2.75, 3.05) is 7.05 Å². The average molecular weight is 317 g/mol. The van der Waals surface area contributed by atoms with Crippen LogP contribution in [0.15, 0.2) is 23.4 Å². The highest BCUT2D eigenvalue weighted by Crippen LogP contribution is 2.29. The molecule has 0 aliphatic heterocycles. The van der Waals surface area contributed by atoms with Crippen LogP contribution >= 0.6 is 11.6 Å². The largest absolute Gasteiger partial charge is 0.260 e. The van der Waals surface area contributed by atoms with Crippen LogP contribution in [0.25, 0.3) is 0 Å². The smallest absolute Gasteiger partial charge is 0.243 e. The van der Waals surface area contributed by atoms with Crippen LogP contribution in [0.3, 0.4) is 0 Å². The van der Waals surface area contributed by atoms with E-state index < -0.39 is 10.0 Å². The Morgan fingerprint density at radius 2 is 2.15 bits per heavy atom. The molecule has 1 fully saturated rings. The van der Waals surface area contributed by atoms with Crippen LogP contribution in [0.5, 0.6) is 0 Å². The first kappa shape index (κ1) is 15.7. The fraction of sp³-hybridized carbons (Fsp3) is 0.643. The van der Waals surface area contributed by atoms with Gasteiger partial charge in [-0.1, -0.05) is 25.8 Å². The van der Waals surface area contributed by atoms with Crippen molar-refractivity contribution < 1.29 is 8.42 Å². The van der Waals surface area contributed by atoms with Crippen molar-refractivity contribution in [1.29, 1.82) is 0 Å². The molecule has 20 heavy (non-hydrogen) atoms. The van der Waals surface area contributed by atoms with Crippen LogP contribution < -0.4 is 0 Å². The number of sulfonamides is 1. The molecule has 0 aromatic carbocycles. The second kappa shape index (κ2) is 6.41. The monoisotopic (exact) mass is 316 g/mol. The van der Waals surface area contributed by atoms with Crippen LogP contribution in [0.4, 0.5) is 0 Å². The summed E-state index contributed by atoms with van der Waals surface area (Å²) in [7, 11) is -1.85. The summed E-state index contributed by atoms with van der Waals surface area (Å²) in [6, 6.07) is 3.33. The van der Waals surface area contributed by atoms with Crippen molar-refractivity contribution in [3.63, 3.8) is 0 Å². The molecule has 4 nitrogen and oxygen atoms in total. The van der Waals surface area contributed by atoms with E-state index in [1.807, 2.05) is 0 Å². The highest BCUT2D eigenvalue weighted by molar-refractivity contribution is 7.89. The number of hydrogen-bond acceptors (Lipinski definition) is 3. The first-order valence-electron chi connectivity index (χ1n) is 6.94. The Kier molecular flexibility index (Phi) is 5.04. The summed E-state index contributed by atoms with van der Waals surface area (Å²) in [4.78, 5) is 4.04. The number of aromatic nitrogens is 1. The fourth-order valence-corrected chi connectivity index (χ4v) is 4.18. The van der Waals surface area contributed by atoms with Gasteiger partial charge in [0.25, 0.3) is 10.0 Å². The standard InChI is InChI=1S/C14H21ClN2O2S/c1-11-4-3-5-13(8-11)17(2)20(18,19)14-7-6-12(9-15)10-16-14/h6-7,10-11,13H,3-5,8-9H2,1-2H3. The van der Waals surface area contributed by atoms with E-state index >= 15 is 0 Å². The van der Waals surface area contributed by atoms with Gasteiger partial charge in [-0.25, -0.2) is 13.4 Å². The number of halogens is 1. The second-order valence-electron chi connectivity index (χ2n) is 5.59. The molecule has 112 valence electrons. The molecule has 0 bridgehead atoms. The maximum atomic E-state index is 12.6. The van der Waals surface area contributed by atoms with Crippen molar-refractivity contribution >= 4 is 21.6 Å². The van der Waals surface area contributed by atoms with Crippen LogP contribution in [0, 0.1) is 5.92 Å². The van der Waals surface area contributed by atoms with E-state index in [0.717, 1.165) is 24.8 Å². The molecule has 1 aromatic heterocycles. The summed E-state index contributed by atoms with van der Waals surface area (Å²) in [6.07, 6.45) is 5.66. The second-order valence-corrected chi connectivity index (χ2v) is 7.80. The number of alkyl halides is 1. The first-order valence-corrected chi connectivity index (χ1v) is 8.91. The van der Waals surface area contributed by atoms with Crippen molar-refractivity contribution in [1.82, 2.24) is 9.29 Å². The maximum Gasteiger partial charge on any atom is 0.260 e. The topological polar surface area (TPSA) is 50.3 Å². The summed E-state index contributed by atoms with van der Waals surface area (Å²) >= 11 is 5.69. The summed E-state index contributed by atoms with van der Waals surface area (Å²) in [5.74, 6) is 0.918. The minimum Gasteiger partial charge on any atom is -0.243 e. The van der Waals surface area contributed by atoms with Crippen molar-refractivity contribution in [3.8, 4) is 0 Å². The van der Waals surface area contributed by atoms with Crippen LogP contribution in [0.1, 0.15) is 38.2 Å². The Morgan fingerprint density at radius 3 is 2.70 bits per heavy atom. The molecule has 1 heterocycles. The number of hydrogen-bond donors (Lipinski definition) is 0. The van der Waals surface area contributed by atoms with Crippen LogP contribution in [-0.4, -0.2) is 30.8 Å². The zero-order valence-electron chi connectivity index (χ0n) is 11.9. The number of rotatable bonds is 4. The van der Waals surface area contributed by atoms with Gasteiger partial charge in [-0.2, -0.15) is 4.31 Å². The van der Waals surface area contributed by atoms with E-state index in [-0.39, 0.29) is 11.1 Å². The molecule has 6 heteroatoms. The van der Waals surface area contributed by atoms with Gasteiger partial charge in [0.1, 0.15) is 0 Å². The third-order valence-electron chi connectivity index (χ3n) is 4.02. The highest BCUT2D eigenvalue weighted by Gasteiger charge is 2.31. The zero-order valence-corrected chi connectivity index (χ0v) is 13.5. The molecule has 1 aliphatic rings. The predicted octanol–water partition coefficient (Wildman–Crippen LogP) is 3.02. The zero-order chi connectivity index (χ0) is 14.8. The van der Waals surface area contributed by atoms with E-state index in [1.165, 1.54) is 23.0 Å². The third kappa shape index (κ3) is 3.32. The Hall–Kier alpha value is -0.650. The van der Waals surface area contributed by atoms with Crippen molar-refractivity contribution in [3.05, 3.63) is 23.9 Å². The summed E-state index contributed by atoms with van der Waals surface area (Å²) in [6.45, 7) is 2.18. The van der Waals surface area contributed by atoms with Gasteiger partial charge < -0.3 is 0 Å². The van der Waals surface area contributed by atoms with Crippen molar-refractivity contribution in [2.45, 2.75) is 49.6 Å². The van der Waals surface area contributed by atoms with Crippen LogP contribution in [0.2, 0.25) is 0 Å². The van der Waals surface area contributed by atoms with Gasteiger partial charge in [0.05, 0.1) is 0 Å². The molecular formula is C14H21ClN2O2S. The lowest BCUT2D eigenvalue weighted by atomic mass is 9.87. The summed E-state index contributed by atoms with van der Waals surface area (Å²) in [5.41, 5.74) is 0.819. The molecule has 0 radical (unpaired) electrons. The van der Waals surface area contributed by atoms with Crippen molar-refractivity contribution in [2.24, 2.45) is 5.92 Å². The van der Waals surface area contributed by atoms with Gasteiger partial charge >= 0.3 is 0 Å². The lowest BCUT2D eigenvalue weighted by molar-refractivity contribution is 0.238. The quantitative estimate of drug-likeness (QED) is 0.802.